The Bertz CT molecular complexity index is 61.4. The van der Waals surface area contributed by atoms with Crippen molar-refractivity contribution in [3.05, 3.63) is 0 Å². The van der Waals surface area contributed by atoms with Crippen LogP contribution in [0.1, 0.15) is 0 Å². The summed E-state index contributed by atoms with van der Waals surface area (Å²) in [5.41, 5.74) is 2.13. The van der Waals surface area contributed by atoms with Crippen LogP contribution in [-0.4, -0.2) is 28.0 Å². The van der Waals surface area contributed by atoms with E-state index in [1.807, 2.05) is 0 Å². The molecule has 0 amide bonds. The molecule has 72 valence electrons. The highest BCUT2D eigenvalue weighted by atomic mass is 35.5. The zero-order chi connectivity index (χ0) is 7.33. The lowest BCUT2D eigenvalue weighted by molar-refractivity contribution is -0.00000297. The monoisotopic (exact) mass is 280 g/mol. The predicted octanol–water partition coefficient (Wildman–Crippen LogP) is -0.0315. The van der Waals surface area contributed by atoms with E-state index in [0.29, 0.717) is 22.5 Å². The second kappa shape index (κ2) is 9.92. The summed E-state index contributed by atoms with van der Waals surface area (Å²) in [5.74, 6) is 0. The van der Waals surface area contributed by atoms with Gasteiger partial charge in [0.15, 0.2) is 0 Å². The van der Waals surface area contributed by atoms with Gasteiger partial charge in [0.2, 0.25) is 0 Å². The average molecular weight is 282 g/mol. The van der Waals surface area contributed by atoms with Crippen LogP contribution in [0, 0.1) is 0 Å². The summed E-state index contributed by atoms with van der Waals surface area (Å²) < 4.78 is 0. The Labute approximate surface area is 93.8 Å². The van der Waals surface area contributed by atoms with Crippen LogP contribution >= 0.6 is 53.7 Å². The standard InChI is InChI=1S/C4H8Cl4P.ClH.H2O/c5-1-9(2-6,3-7)4-8;;/h1-4H2;1H;1H2/q+1;;/p-1. The fraction of sp³-hybridized carbons (Fsp3) is 1.00. The van der Waals surface area contributed by atoms with Crippen molar-refractivity contribution >= 4 is 53.7 Å². The van der Waals surface area contributed by atoms with E-state index in [2.05, 4.69) is 0 Å². The van der Waals surface area contributed by atoms with Crippen LogP contribution in [0.5, 0.6) is 0 Å². The van der Waals surface area contributed by atoms with E-state index < -0.39 is 7.26 Å². The fourth-order valence-corrected chi connectivity index (χ4v) is 5.17. The minimum atomic E-state index is -1.36. The molecule has 0 rings (SSSR count). The van der Waals surface area contributed by atoms with E-state index >= 15 is 0 Å². The van der Waals surface area contributed by atoms with Crippen LogP contribution in [0.3, 0.4) is 0 Å². The van der Waals surface area contributed by atoms with Crippen molar-refractivity contribution in [2.75, 3.05) is 22.5 Å². The highest BCUT2D eigenvalue weighted by Gasteiger charge is 2.33. The Morgan fingerprint density at radius 2 is 0.909 bits per heavy atom. The van der Waals surface area contributed by atoms with Gasteiger partial charge < -0.3 is 17.9 Å². The first-order valence-electron chi connectivity index (χ1n) is 2.33. The van der Waals surface area contributed by atoms with Gasteiger partial charge in [-0.25, -0.2) is 0 Å². The Balaban J connectivity index is -0.000000320. The highest BCUT2D eigenvalue weighted by Crippen LogP contribution is 2.61. The maximum absolute atomic E-state index is 5.62. The molecule has 0 unspecified atom stereocenters. The van der Waals surface area contributed by atoms with Gasteiger partial charge in [0, 0.05) is 0 Å². The molecule has 2 N–H and O–H groups in total. The molecule has 11 heavy (non-hydrogen) atoms. The molecule has 0 aromatic carbocycles. The van der Waals surface area contributed by atoms with Gasteiger partial charge in [0.25, 0.3) is 0 Å². The smallest absolute Gasteiger partial charge is 0.136 e. The normalized spacial score (nSPS) is 9.82. The lowest BCUT2D eigenvalue weighted by atomic mass is 11.8. The zero-order valence-electron chi connectivity index (χ0n) is 5.67. The van der Waals surface area contributed by atoms with E-state index in [4.69, 9.17) is 46.4 Å². The molecular formula is C4H10Cl5OP. The summed E-state index contributed by atoms with van der Waals surface area (Å²) in [4.78, 5) is 0. The van der Waals surface area contributed by atoms with Gasteiger partial charge >= 0.3 is 0 Å². The van der Waals surface area contributed by atoms with Gasteiger partial charge in [0.1, 0.15) is 22.5 Å². The van der Waals surface area contributed by atoms with Crippen LogP contribution in [-0.2, 0) is 0 Å². The van der Waals surface area contributed by atoms with E-state index in [1.54, 1.807) is 0 Å². The summed E-state index contributed by atoms with van der Waals surface area (Å²) >= 11 is 22.5. The van der Waals surface area contributed by atoms with E-state index in [1.165, 1.54) is 0 Å². The van der Waals surface area contributed by atoms with Gasteiger partial charge in [-0.1, -0.05) is 46.4 Å². The first-order chi connectivity index (χ1) is 4.24. The van der Waals surface area contributed by atoms with Crippen molar-refractivity contribution in [3.63, 3.8) is 0 Å². The molecule has 0 spiro atoms. The molecule has 0 saturated carbocycles. The minimum absolute atomic E-state index is 0. The molecule has 0 heterocycles. The number of hydrogen-bond donors (Lipinski definition) is 0. The van der Waals surface area contributed by atoms with Crippen LogP contribution in [0.25, 0.3) is 0 Å². The molecule has 1 nitrogen and oxygen atoms in total. The minimum Gasteiger partial charge on any atom is -1.00 e. The van der Waals surface area contributed by atoms with E-state index in [-0.39, 0.29) is 17.9 Å². The molecule has 0 aliphatic carbocycles. The Hall–Kier alpha value is 1.84. The first-order valence-corrected chi connectivity index (χ1v) is 7.00. The summed E-state index contributed by atoms with van der Waals surface area (Å²) in [5, 5.41) is 0. The molecule has 0 aliphatic rings. The van der Waals surface area contributed by atoms with Gasteiger partial charge in [-0.05, 0) is 0 Å². The highest BCUT2D eigenvalue weighted by molar-refractivity contribution is 7.80. The molecule has 0 fully saturated rings. The van der Waals surface area contributed by atoms with Crippen molar-refractivity contribution < 1.29 is 17.9 Å². The number of hydrogen-bond acceptors (Lipinski definition) is 0. The van der Waals surface area contributed by atoms with E-state index in [0.717, 1.165) is 0 Å². The molecule has 0 saturated heterocycles. The van der Waals surface area contributed by atoms with Gasteiger partial charge in [-0.2, -0.15) is 0 Å². The van der Waals surface area contributed by atoms with Crippen LogP contribution in [0.4, 0.5) is 0 Å². The zero-order valence-corrected chi connectivity index (χ0v) is 10.3. The lowest BCUT2D eigenvalue weighted by Crippen LogP contribution is -3.00. The Kier molecular flexibility index (Phi) is 16.8. The summed E-state index contributed by atoms with van der Waals surface area (Å²) in [7, 11) is -1.36. The molecular weight excluding hydrogens is 272 g/mol. The average Bonchev–Trinajstić information content (AvgIpc) is 1.95. The number of halogens is 5. The third kappa shape index (κ3) is 5.99. The molecule has 7 heteroatoms. The molecule has 0 aliphatic heterocycles. The van der Waals surface area contributed by atoms with Crippen molar-refractivity contribution in [3.8, 4) is 0 Å². The third-order valence-electron chi connectivity index (χ3n) is 1.01. The topological polar surface area (TPSA) is 31.5 Å². The van der Waals surface area contributed by atoms with Crippen molar-refractivity contribution in [1.29, 1.82) is 0 Å². The lowest BCUT2D eigenvalue weighted by Gasteiger charge is -2.15. The van der Waals surface area contributed by atoms with Crippen LogP contribution in [0.2, 0.25) is 0 Å². The first kappa shape index (κ1) is 18.6. The summed E-state index contributed by atoms with van der Waals surface area (Å²) in [6.45, 7) is 0. The van der Waals surface area contributed by atoms with E-state index in [9.17, 15) is 0 Å². The van der Waals surface area contributed by atoms with Gasteiger partial charge in [-0.15, -0.1) is 0 Å². The van der Waals surface area contributed by atoms with Crippen molar-refractivity contribution in [2.24, 2.45) is 0 Å². The quantitative estimate of drug-likeness (QED) is 0.512. The second-order valence-electron chi connectivity index (χ2n) is 1.82. The fourth-order valence-electron chi connectivity index (χ4n) is 0.192. The van der Waals surface area contributed by atoms with Gasteiger partial charge in [-0.3, -0.25) is 0 Å². The third-order valence-corrected chi connectivity index (χ3v) is 9.13. The van der Waals surface area contributed by atoms with Crippen LogP contribution in [0.15, 0.2) is 0 Å². The second-order valence-corrected chi connectivity index (χ2v) is 8.33. The van der Waals surface area contributed by atoms with Crippen molar-refractivity contribution in [1.82, 2.24) is 0 Å². The molecule has 0 radical (unpaired) electrons. The van der Waals surface area contributed by atoms with Crippen LogP contribution < -0.4 is 12.4 Å². The maximum atomic E-state index is 5.62. The van der Waals surface area contributed by atoms with Gasteiger partial charge in [0.05, 0.1) is 7.26 Å². The molecule has 0 aromatic heterocycles. The summed E-state index contributed by atoms with van der Waals surface area (Å²) in [6.07, 6.45) is 0. The number of rotatable bonds is 4. The number of alkyl halides is 4. The molecule has 0 bridgehead atoms. The predicted molar refractivity (Wildman–Crippen MR) is 53.4 cm³/mol. The summed E-state index contributed by atoms with van der Waals surface area (Å²) in [6, 6.07) is 0. The molecule has 0 aromatic rings. The maximum Gasteiger partial charge on any atom is 0.136 e. The Morgan fingerprint density at radius 1 is 0.727 bits per heavy atom. The SMILES string of the molecule is ClC[P+](CCl)(CCl)CCl.O.[Cl-]. The van der Waals surface area contributed by atoms with Crippen molar-refractivity contribution in [2.45, 2.75) is 0 Å². The molecule has 0 atom stereocenters. The Morgan fingerprint density at radius 3 is 0.909 bits per heavy atom. The largest absolute Gasteiger partial charge is 1.00 e.